The van der Waals surface area contributed by atoms with Gasteiger partial charge in [-0.15, -0.1) is 0 Å². The summed E-state index contributed by atoms with van der Waals surface area (Å²) in [6, 6.07) is 7.18. The standard InChI is InChI=1S/C14H13N5O2/c1-8-5-9(3-4-10(8)15)14-18-13(19-21-14)11-6-12(20-2)17-7-16-11/h3-7H,15H2,1-2H3. The lowest BCUT2D eigenvalue weighted by Gasteiger charge is -2.00. The Morgan fingerprint density at radius 3 is 2.81 bits per heavy atom. The summed E-state index contributed by atoms with van der Waals surface area (Å²) in [6.45, 7) is 1.92. The van der Waals surface area contributed by atoms with Crippen LogP contribution in [0.5, 0.6) is 5.88 Å². The van der Waals surface area contributed by atoms with Crippen LogP contribution in [0.1, 0.15) is 5.56 Å². The molecular weight excluding hydrogens is 270 g/mol. The molecule has 3 rings (SSSR count). The fraction of sp³-hybridized carbons (Fsp3) is 0.143. The molecule has 0 aliphatic carbocycles. The Hall–Kier alpha value is -2.96. The number of nitrogen functional groups attached to an aromatic ring is 1. The van der Waals surface area contributed by atoms with Crippen LogP contribution in [0.4, 0.5) is 5.69 Å². The number of nitrogens with zero attached hydrogens (tertiary/aromatic N) is 4. The van der Waals surface area contributed by atoms with Crippen LogP contribution in [0.3, 0.4) is 0 Å². The molecule has 0 spiro atoms. The molecular formula is C14H13N5O2. The van der Waals surface area contributed by atoms with E-state index in [4.69, 9.17) is 15.0 Å². The summed E-state index contributed by atoms with van der Waals surface area (Å²) >= 11 is 0. The fourth-order valence-electron chi connectivity index (χ4n) is 1.83. The third-order valence-corrected chi connectivity index (χ3v) is 3.02. The maximum absolute atomic E-state index is 5.80. The van der Waals surface area contributed by atoms with Crippen LogP contribution in [0, 0.1) is 6.92 Å². The molecule has 2 heterocycles. The minimum absolute atomic E-state index is 0.375. The van der Waals surface area contributed by atoms with E-state index in [1.807, 2.05) is 25.1 Å². The number of aromatic nitrogens is 4. The van der Waals surface area contributed by atoms with Gasteiger partial charge >= 0.3 is 0 Å². The normalized spacial score (nSPS) is 10.6. The first-order valence-corrected chi connectivity index (χ1v) is 6.24. The molecule has 0 saturated heterocycles. The van der Waals surface area contributed by atoms with Gasteiger partial charge in [-0.05, 0) is 30.7 Å². The third-order valence-electron chi connectivity index (χ3n) is 3.02. The van der Waals surface area contributed by atoms with E-state index >= 15 is 0 Å². The Morgan fingerprint density at radius 1 is 1.19 bits per heavy atom. The second-order valence-electron chi connectivity index (χ2n) is 4.44. The van der Waals surface area contributed by atoms with Crippen LogP contribution >= 0.6 is 0 Å². The van der Waals surface area contributed by atoms with Gasteiger partial charge in [0.15, 0.2) is 0 Å². The minimum atomic E-state index is 0.375. The van der Waals surface area contributed by atoms with Crippen molar-refractivity contribution < 1.29 is 9.26 Å². The smallest absolute Gasteiger partial charge is 0.258 e. The van der Waals surface area contributed by atoms with Crippen LogP contribution in [-0.4, -0.2) is 27.2 Å². The molecule has 0 radical (unpaired) electrons. The first-order valence-electron chi connectivity index (χ1n) is 6.24. The van der Waals surface area contributed by atoms with Crippen molar-refractivity contribution in [2.24, 2.45) is 0 Å². The second kappa shape index (κ2) is 5.20. The predicted molar refractivity (Wildman–Crippen MR) is 76.5 cm³/mol. The van der Waals surface area contributed by atoms with Crippen LogP contribution in [0.15, 0.2) is 35.1 Å². The van der Waals surface area contributed by atoms with E-state index in [-0.39, 0.29) is 0 Å². The first kappa shape index (κ1) is 13.0. The lowest BCUT2D eigenvalue weighted by atomic mass is 10.1. The molecule has 0 saturated carbocycles. The number of hydrogen-bond donors (Lipinski definition) is 1. The number of ether oxygens (including phenoxy) is 1. The van der Waals surface area contributed by atoms with E-state index < -0.39 is 0 Å². The van der Waals surface area contributed by atoms with Crippen molar-refractivity contribution in [2.45, 2.75) is 6.92 Å². The Bertz CT molecular complexity index is 785. The third kappa shape index (κ3) is 2.53. The Labute approximate surface area is 120 Å². The highest BCUT2D eigenvalue weighted by molar-refractivity contribution is 5.62. The molecule has 0 unspecified atom stereocenters. The van der Waals surface area contributed by atoms with Gasteiger partial charge in [0.25, 0.3) is 5.89 Å². The molecule has 1 aromatic carbocycles. The molecule has 7 heteroatoms. The van der Waals surface area contributed by atoms with E-state index in [2.05, 4.69) is 20.1 Å². The Kier molecular flexibility index (Phi) is 3.23. The van der Waals surface area contributed by atoms with E-state index in [0.717, 1.165) is 16.8 Å². The average Bonchev–Trinajstić information content (AvgIpc) is 3.00. The topological polar surface area (TPSA) is 100.0 Å². The van der Waals surface area contributed by atoms with Crippen LogP contribution in [-0.2, 0) is 0 Å². The van der Waals surface area contributed by atoms with Crippen LogP contribution in [0.25, 0.3) is 23.0 Å². The van der Waals surface area contributed by atoms with E-state index in [1.165, 1.54) is 13.4 Å². The second-order valence-corrected chi connectivity index (χ2v) is 4.44. The van der Waals surface area contributed by atoms with E-state index in [0.29, 0.717) is 23.3 Å². The number of hydrogen-bond acceptors (Lipinski definition) is 7. The number of aryl methyl sites for hydroxylation is 1. The Balaban J connectivity index is 1.97. The number of benzene rings is 1. The maximum atomic E-state index is 5.80. The molecule has 2 N–H and O–H groups in total. The van der Waals surface area contributed by atoms with Gasteiger partial charge in [-0.3, -0.25) is 0 Å². The highest BCUT2D eigenvalue weighted by Crippen LogP contribution is 2.24. The number of methoxy groups -OCH3 is 1. The largest absolute Gasteiger partial charge is 0.481 e. The summed E-state index contributed by atoms with van der Waals surface area (Å²) in [5.74, 6) is 1.22. The average molecular weight is 283 g/mol. The van der Waals surface area contributed by atoms with E-state index in [9.17, 15) is 0 Å². The van der Waals surface area contributed by atoms with Crippen molar-refractivity contribution in [1.29, 1.82) is 0 Å². The monoisotopic (exact) mass is 283 g/mol. The molecule has 0 aliphatic heterocycles. The van der Waals surface area contributed by atoms with Gasteiger partial charge in [-0.1, -0.05) is 5.16 Å². The van der Waals surface area contributed by atoms with Gasteiger partial charge in [-0.25, -0.2) is 9.97 Å². The summed E-state index contributed by atoms with van der Waals surface area (Å²) in [4.78, 5) is 12.4. The van der Waals surface area contributed by atoms with Crippen molar-refractivity contribution in [2.75, 3.05) is 12.8 Å². The summed E-state index contributed by atoms with van der Waals surface area (Å²) < 4.78 is 10.3. The molecule has 0 atom stereocenters. The van der Waals surface area contributed by atoms with Crippen molar-refractivity contribution in [3.8, 4) is 28.9 Å². The number of nitrogens with two attached hydrogens (primary N) is 1. The predicted octanol–water partition coefficient (Wildman–Crippen LogP) is 2.09. The summed E-state index contributed by atoms with van der Waals surface area (Å²) in [5.41, 5.74) is 8.81. The van der Waals surface area contributed by atoms with Gasteiger partial charge in [-0.2, -0.15) is 4.98 Å². The summed E-state index contributed by atoms with van der Waals surface area (Å²) in [6.07, 6.45) is 1.39. The molecule has 21 heavy (non-hydrogen) atoms. The maximum Gasteiger partial charge on any atom is 0.258 e. The van der Waals surface area contributed by atoms with E-state index in [1.54, 1.807) is 6.07 Å². The molecule has 0 bridgehead atoms. The quantitative estimate of drug-likeness (QED) is 0.734. The summed E-state index contributed by atoms with van der Waals surface area (Å²) in [5, 5.41) is 3.93. The molecule has 0 fully saturated rings. The highest BCUT2D eigenvalue weighted by atomic mass is 16.5. The first-order chi connectivity index (χ1) is 10.2. The number of rotatable bonds is 3. The lowest BCUT2D eigenvalue weighted by Crippen LogP contribution is -1.92. The van der Waals surface area contributed by atoms with Crippen molar-refractivity contribution in [3.63, 3.8) is 0 Å². The molecule has 0 amide bonds. The summed E-state index contributed by atoms with van der Waals surface area (Å²) in [7, 11) is 1.53. The number of anilines is 1. The molecule has 3 aromatic rings. The highest BCUT2D eigenvalue weighted by Gasteiger charge is 2.13. The molecule has 0 aliphatic rings. The minimum Gasteiger partial charge on any atom is -0.481 e. The van der Waals surface area contributed by atoms with Crippen molar-refractivity contribution >= 4 is 5.69 Å². The zero-order valence-corrected chi connectivity index (χ0v) is 11.6. The van der Waals surface area contributed by atoms with Gasteiger partial charge in [0.05, 0.1) is 7.11 Å². The van der Waals surface area contributed by atoms with Crippen LogP contribution in [0.2, 0.25) is 0 Å². The molecule has 2 aromatic heterocycles. The fourth-order valence-corrected chi connectivity index (χ4v) is 1.83. The Morgan fingerprint density at radius 2 is 2.05 bits per heavy atom. The van der Waals surface area contributed by atoms with Crippen molar-refractivity contribution in [1.82, 2.24) is 20.1 Å². The zero-order chi connectivity index (χ0) is 14.8. The zero-order valence-electron chi connectivity index (χ0n) is 11.6. The lowest BCUT2D eigenvalue weighted by molar-refractivity contribution is 0.397. The van der Waals surface area contributed by atoms with Gasteiger partial charge in [0.2, 0.25) is 11.7 Å². The molecule has 7 nitrogen and oxygen atoms in total. The van der Waals surface area contributed by atoms with Crippen LogP contribution < -0.4 is 10.5 Å². The molecule has 106 valence electrons. The van der Waals surface area contributed by atoms with Gasteiger partial charge < -0.3 is 15.0 Å². The SMILES string of the molecule is COc1cc(-c2noc(-c3ccc(N)c(C)c3)n2)ncn1. The van der Waals surface area contributed by atoms with Crippen molar-refractivity contribution in [3.05, 3.63) is 36.2 Å². The van der Waals surface area contributed by atoms with Gasteiger partial charge in [0.1, 0.15) is 12.0 Å². The van der Waals surface area contributed by atoms with Gasteiger partial charge in [0, 0.05) is 17.3 Å².